The molecular formula is C12H15N3O2. The molecule has 0 bridgehead atoms. The third-order valence-corrected chi connectivity index (χ3v) is 2.01. The zero-order valence-corrected chi connectivity index (χ0v) is 9.83. The van der Waals surface area contributed by atoms with Crippen molar-refractivity contribution in [3.8, 4) is 17.6 Å². The summed E-state index contributed by atoms with van der Waals surface area (Å²) in [5, 5.41) is 5.12. The third kappa shape index (κ3) is 3.70. The lowest BCUT2D eigenvalue weighted by molar-refractivity contribution is 0.254. The number of anilines is 1. The number of carbonyl (C=O) groups is 1. The van der Waals surface area contributed by atoms with E-state index in [2.05, 4.69) is 22.5 Å². The van der Waals surface area contributed by atoms with Crippen molar-refractivity contribution in [2.24, 2.45) is 5.73 Å². The Balaban J connectivity index is 3.01. The van der Waals surface area contributed by atoms with Crippen LogP contribution in [-0.2, 0) is 0 Å². The summed E-state index contributed by atoms with van der Waals surface area (Å²) >= 11 is 0. The van der Waals surface area contributed by atoms with E-state index in [-0.39, 0.29) is 6.03 Å². The summed E-state index contributed by atoms with van der Waals surface area (Å²) in [4.78, 5) is 11.2. The van der Waals surface area contributed by atoms with Crippen molar-refractivity contribution >= 4 is 11.7 Å². The lowest BCUT2D eigenvalue weighted by Crippen LogP contribution is -2.24. The zero-order chi connectivity index (χ0) is 12.7. The van der Waals surface area contributed by atoms with Crippen LogP contribution in [0.1, 0.15) is 5.56 Å². The Morgan fingerprint density at radius 3 is 2.88 bits per heavy atom. The van der Waals surface area contributed by atoms with Gasteiger partial charge in [-0.3, -0.25) is 0 Å². The van der Waals surface area contributed by atoms with Gasteiger partial charge in [0.1, 0.15) is 5.75 Å². The van der Waals surface area contributed by atoms with Gasteiger partial charge in [0.15, 0.2) is 0 Å². The molecule has 0 fully saturated rings. The molecule has 0 saturated heterocycles. The smallest absolute Gasteiger partial charge is 0.319 e. The van der Waals surface area contributed by atoms with Crippen molar-refractivity contribution in [1.82, 2.24) is 5.32 Å². The molecule has 0 aliphatic carbocycles. The van der Waals surface area contributed by atoms with Gasteiger partial charge in [0.05, 0.1) is 19.3 Å². The SMILES string of the molecule is CNC(=O)Nc1cc(C#CCN)ccc1OC. The van der Waals surface area contributed by atoms with Crippen molar-refractivity contribution in [3.63, 3.8) is 0 Å². The maximum atomic E-state index is 11.2. The molecule has 4 N–H and O–H groups in total. The van der Waals surface area contributed by atoms with Gasteiger partial charge in [0, 0.05) is 12.6 Å². The fourth-order valence-corrected chi connectivity index (χ4v) is 1.22. The van der Waals surface area contributed by atoms with Crippen molar-refractivity contribution in [3.05, 3.63) is 23.8 Å². The molecule has 1 aromatic carbocycles. The number of benzene rings is 1. The van der Waals surface area contributed by atoms with E-state index < -0.39 is 0 Å². The molecule has 90 valence electrons. The summed E-state index contributed by atoms with van der Waals surface area (Å²) in [5.74, 6) is 6.21. The maximum Gasteiger partial charge on any atom is 0.319 e. The fourth-order valence-electron chi connectivity index (χ4n) is 1.22. The second-order valence-electron chi connectivity index (χ2n) is 3.13. The number of carbonyl (C=O) groups excluding carboxylic acids is 1. The minimum absolute atomic E-state index is 0.296. The van der Waals surface area contributed by atoms with E-state index >= 15 is 0 Å². The molecule has 0 aliphatic rings. The van der Waals surface area contributed by atoms with Gasteiger partial charge in [-0.05, 0) is 18.2 Å². The van der Waals surface area contributed by atoms with Gasteiger partial charge in [-0.1, -0.05) is 11.8 Å². The standard InChI is InChI=1S/C12H15N3O2/c1-14-12(16)15-10-8-9(4-3-7-13)5-6-11(10)17-2/h5-6,8H,7,13H2,1-2H3,(H2,14,15,16). The molecule has 0 atom stereocenters. The minimum atomic E-state index is -0.313. The molecule has 0 heterocycles. The average Bonchev–Trinajstić information content (AvgIpc) is 2.36. The molecule has 0 aromatic heterocycles. The summed E-state index contributed by atoms with van der Waals surface area (Å²) in [6.07, 6.45) is 0. The van der Waals surface area contributed by atoms with Gasteiger partial charge in [-0.2, -0.15) is 0 Å². The summed E-state index contributed by atoms with van der Waals surface area (Å²) in [5.41, 5.74) is 6.63. The molecule has 0 spiro atoms. The molecule has 0 unspecified atom stereocenters. The third-order valence-electron chi connectivity index (χ3n) is 2.01. The number of amides is 2. The van der Waals surface area contributed by atoms with Crippen LogP contribution >= 0.6 is 0 Å². The Morgan fingerprint density at radius 1 is 1.53 bits per heavy atom. The highest BCUT2D eigenvalue weighted by Gasteiger charge is 2.06. The minimum Gasteiger partial charge on any atom is -0.495 e. The van der Waals surface area contributed by atoms with E-state index in [4.69, 9.17) is 10.5 Å². The van der Waals surface area contributed by atoms with Crippen LogP contribution in [0, 0.1) is 11.8 Å². The lowest BCUT2D eigenvalue weighted by atomic mass is 10.2. The highest BCUT2D eigenvalue weighted by atomic mass is 16.5. The average molecular weight is 233 g/mol. The van der Waals surface area contributed by atoms with E-state index in [1.54, 1.807) is 25.2 Å². The Kier molecular flexibility index (Phi) is 4.85. The van der Waals surface area contributed by atoms with Crippen LogP contribution in [0.2, 0.25) is 0 Å². The number of hydrogen-bond acceptors (Lipinski definition) is 3. The molecule has 5 nitrogen and oxygen atoms in total. The highest BCUT2D eigenvalue weighted by molar-refractivity contribution is 5.91. The number of nitrogens with one attached hydrogen (secondary N) is 2. The maximum absolute atomic E-state index is 11.2. The zero-order valence-electron chi connectivity index (χ0n) is 9.83. The molecule has 1 aromatic rings. The van der Waals surface area contributed by atoms with Crippen LogP contribution in [0.15, 0.2) is 18.2 Å². The van der Waals surface area contributed by atoms with Crippen LogP contribution in [0.3, 0.4) is 0 Å². The van der Waals surface area contributed by atoms with Crippen molar-refractivity contribution < 1.29 is 9.53 Å². The first-order valence-corrected chi connectivity index (χ1v) is 5.07. The highest BCUT2D eigenvalue weighted by Crippen LogP contribution is 2.24. The predicted octanol–water partition coefficient (Wildman–Crippen LogP) is 0.757. The molecule has 0 aliphatic heterocycles. The molecule has 2 amide bonds. The van der Waals surface area contributed by atoms with E-state index in [9.17, 15) is 4.79 Å². The van der Waals surface area contributed by atoms with Crippen LogP contribution in [0.4, 0.5) is 10.5 Å². The molecule has 17 heavy (non-hydrogen) atoms. The van der Waals surface area contributed by atoms with Crippen LogP contribution in [-0.4, -0.2) is 26.7 Å². The van der Waals surface area contributed by atoms with E-state index in [1.807, 2.05) is 0 Å². The first kappa shape index (κ1) is 12.9. The fraction of sp³-hybridized carbons (Fsp3) is 0.250. The van der Waals surface area contributed by atoms with Gasteiger partial charge >= 0.3 is 6.03 Å². The van der Waals surface area contributed by atoms with Crippen molar-refractivity contribution in [2.75, 3.05) is 26.0 Å². The first-order valence-electron chi connectivity index (χ1n) is 5.07. The predicted molar refractivity (Wildman–Crippen MR) is 67.0 cm³/mol. The summed E-state index contributed by atoms with van der Waals surface area (Å²) in [6, 6.07) is 4.96. The Morgan fingerprint density at radius 2 is 2.29 bits per heavy atom. The topological polar surface area (TPSA) is 76.4 Å². The Hall–Kier alpha value is -2.19. The van der Waals surface area contributed by atoms with Crippen LogP contribution in [0.5, 0.6) is 5.75 Å². The monoisotopic (exact) mass is 233 g/mol. The Bertz CT molecular complexity index is 461. The molecule has 5 heteroatoms. The number of nitrogens with two attached hydrogens (primary N) is 1. The number of methoxy groups -OCH3 is 1. The number of hydrogen-bond donors (Lipinski definition) is 3. The second-order valence-corrected chi connectivity index (χ2v) is 3.13. The quantitative estimate of drug-likeness (QED) is 0.660. The van der Waals surface area contributed by atoms with Crippen molar-refractivity contribution in [2.45, 2.75) is 0 Å². The van der Waals surface area contributed by atoms with Gasteiger partial charge < -0.3 is 21.1 Å². The van der Waals surface area contributed by atoms with Gasteiger partial charge in [0.25, 0.3) is 0 Å². The molecule has 1 rings (SSSR count). The van der Waals surface area contributed by atoms with Gasteiger partial charge in [-0.25, -0.2) is 4.79 Å². The second kappa shape index (κ2) is 6.40. The number of urea groups is 1. The Labute approximate surface area is 100 Å². The van der Waals surface area contributed by atoms with Gasteiger partial charge in [-0.15, -0.1) is 0 Å². The summed E-state index contributed by atoms with van der Waals surface area (Å²) < 4.78 is 5.13. The van der Waals surface area contributed by atoms with Crippen LogP contribution < -0.4 is 21.1 Å². The number of rotatable bonds is 2. The largest absolute Gasteiger partial charge is 0.495 e. The van der Waals surface area contributed by atoms with E-state index in [0.717, 1.165) is 5.56 Å². The number of ether oxygens (including phenoxy) is 1. The van der Waals surface area contributed by atoms with E-state index in [1.165, 1.54) is 7.11 Å². The lowest BCUT2D eigenvalue weighted by Gasteiger charge is -2.10. The summed E-state index contributed by atoms with van der Waals surface area (Å²) in [6.45, 7) is 0.296. The summed E-state index contributed by atoms with van der Waals surface area (Å²) in [7, 11) is 3.08. The first-order chi connectivity index (χ1) is 8.21. The molecular weight excluding hydrogens is 218 g/mol. The van der Waals surface area contributed by atoms with Crippen molar-refractivity contribution in [1.29, 1.82) is 0 Å². The van der Waals surface area contributed by atoms with Gasteiger partial charge in [0.2, 0.25) is 0 Å². The normalized spacial score (nSPS) is 8.88. The molecule has 0 saturated carbocycles. The molecule has 0 radical (unpaired) electrons. The van der Waals surface area contributed by atoms with E-state index in [0.29, 0.717) is 18.0 Å². The van der Waals surface area contributed by atoms with Crippen LogP contribution in [0.25, 0.3) is 0 Å².